The van der Waals surface area contributed by atoms with Crippen molar-refractivity contribution in [3.05, 3.63) is 76.7 Å². The highest BCUT2D eigenvalue weighted by Gasteiger charge is 2.10. The number of ether oxygens (including phenoxy) is 1. The SMILES string of the molecule is COc1ccc(-c2cc(C=CC(=O)c3ccc(Cl)cc3)[nH]n2)c(F)c1. The van der Waals surface area contributed by atoms with E-state index in [2.05, 4.69) is 10.2 Å². The van der Waals surface area contributed by atoms with Gasteiger partial charge in [0.2, 0.25) is 0 Å². The number of carbonyl (C=O) groups is 1. The summed E-state index contributed by atoms with van der Waals surface area (Å²) in [7, 11) is 1.48. The number of nitrogens with one attached hydrogen (secondary N) is 1. The second-order valence-electron chi connectivity index (χ2n) is 5.26. The normalized spacial score (nSPS) is 11.0. The molecule has 126 valence electrons. The van der Waals surface area contributed by atoms with E-state index >= 15 is 0 Å². The monoisotopic (exact) mass is 356 g/mol. The maximum atomic E-state index is 14.1. The van der Waals surface area contributed by atoms with Crippen molar-refractivity contribution in [3.63, 3.8) is 0 Å². The molecule has 0 saturated carbocycles. The van der Waals surface area contributed by atoms with Crippen LogP contribution in [0.1, 0.15) is 16.1 Å². The van der Waals surface area contributed by atoms with E-state index in [1.165, 1.54) is 19.3 Å². The molecule has 0 aliphatic rings. The number of allylic oxidation sites excluding steroid dienone is 1. The maximum absolute atomic E-state index is 14.1. The molecule has 3 rings (SSSR count). The highest BCUT2D eigenvalue weighted by atomic mass is 35.5. The molecular weight excluding hydrogens is 343 g/mol. The summed E-state index contributed by atoms with van der Waals surface area (Å²) < 4.78 is 19.1. The van der Waals surface area contributed by atoms with Gasteiger partial charge in [-0.25, -0.2) is 4.39 Å². The van der Waals surface area contributed by atoms with Crippen molar-refractivity contribution in [2.75, 3.05) is 7.11 Å². The molecule has 2 aromatic carbocycles. The average molecular weight is 357 g/mol. The lowest BCUT2D eigenvalue weighted by molar-refractivity contribution is 0.104. The lowest BCUT2D eigenvalue weighted by Gasteiger charge is -2.02. The van der Waals surface area contributed by atoms with E-state index in [9.17, 15) is 9.18 Å². The molecule has 0 atom stereocenters. The van der Waals surface area contributed by atoms with E-state index in [0.717, 1.165) is 0 Å². The van der Waals surface area contributed by atoms with E-state index in [-0.39, 0.29) is 5.78 Å². The van der Waals surface area contributed by atoms with Crippen LogP contribution in [0, 0.1) is 5.82 Å². The number of halogens is 2. The van der Waals surface area contributed by atoms with Gasteiger partial charge in [0.1, 0.15) is 11.6 Å². The molecule has 0 radical (unpaired) electrons. The van der Waals surface area contributed by atoms with Crippen molar-refractivity contribution < 1.29 is 13.9 Å². The van der Waals surface area contributed by atoms with Crippen LogP contribution in [0.25, 0.3) is 17.3 Å². The van der Waals surface area contributed by atoms with Crippen molar-refractivity contribution in [3.8, 4) is 17.0 Å². The summed E-state index contributed by atoms with van der Waals surface area (Å²) >= 11 is 5.80. The van der Waals surface area contributed by atoms with Crippen LogP contribution in [0.3, 0.4) is 0 Å². The van der Waals surface area contributed by atoms with Crippen LogP contribution in [0.2, 0.25) is 5.02 Å². The van der Waals surface area contributed by atoms with Crippen LogP contribution in [0.4, 0.5) is 4.39 Å². The minimum absolute atomic E-state index is 0.163. The number of methoxy groups -OCH3 is 1. The number of aromatic nitrogens is 2. The molecule has 0 aliphatic carbocycles. The standard InChI is InChI=1S/C19H14ClFN2O2/c1-25-15-7-8-16(17(21)11-15)18-10-14(22-23-18)6-9-19(24)12-2-4-13(20)5-3-12/h2-11H,1H3,(H,22,23). The number of ketones is 1. The molecule has 1 N–H and O–H groups in total. The third kappa shape index (κ3) is 3.95. The van der Waals surface area contributed by atoms with Crippen molar-refractivity contribution in [1.82, 2.24) is 10.2 Å². The number of benzene rings is 2. The summed E-state index contributed by atoms with van der Waals surface area (Å²) in [4.78, 5) is 12.1. The third-order valence-corrected chi connectivity index (χ3v) is 3.84. The van der Waals surface area contributed by atoms with Crippen LogP contribution < -0.4 is 4.74 Å². The zero-order valence-electron chi connectivity index (χ0n) is 13.3. The van der Waals surface area contributed by atoms with Gasteiger partial charge in [0.25, 0.3) is 0 Å². The summed E-state index contributed by atoms with van der Waals surface area (Å²) in [6.45, 7) is 0. The summed E-state index contributed by atoms with van der Waals surface area (Å²) in [5.41, 5.74) is 1.91. The van der Waals surface area contributed by atoms with Gasteiger partial charge in [-0.05, 0) is 54.6 Å². The Hall–Kier alpha value is -2.92. The van der Waals surface area contributed by atoms with Crippen molar-refractivity contribution in [2.45, 2.75) is 0 Å². The van der Waals surface area contributed by atoms with Crippen LogP contribution >= 0.6 is 11.6 Å². The Labute approximate surface area is 148 Å². The van der Waals surface area contributed by atoms with Gasteiger partial charge in [0, 0.05) is 22.2 Å². The quantitative estimate of drug-likeness (QED) is 0.529. The summed E-state index contributed by atoms with van der Waals surface area (Å²) in [5, 5.41) is 7.42. The van der Waals surface area contributed by atoms with Gasteiger partial charge in [0.15, 0.2) is 5.78 Å². The number of aromatic amines is 1. The first kappa shape index (κ1) is 16.9. The molecule has 3 aromatic rings. The van der Waals surface area contributed by atoms with Gasteiger partial charge in [-0.15, -0.1) is 0 Å². The van der Waals surface area contributed by atoms with Gasteiger partial charge in [-0.1, -0.05) is 11.6 Å². The Bertz CT molecular complexity index is 933. The van der Waals surface area contributed by atoms with E-state index in [1.807, 2.05) is 0 Å². The van der Waals surface area contributed by atoms with E-state index < -0.39 is 5.82 Å². The molecule has 25 heavy (non-hydrogen) atoms. The van der Waals surface area contributed by atoms with Crippen LogP contribution in [0.5, 0.6) is 5.75 Å². The van der Waals surface area contributed by atoms with Crippen molar-refractivity contribution >= 4 is 23.5 Å². The molecule has 4 nitrogen and oxygen atoms in total. The predicted octanol–water partition coefficient (Wildman–Crippen LogP) is 4.77. The number of nitrogens with zero attached hydrogens (tertiary/aromatic N) is 1. The van der Waals surface area contributed by atoms with E-state index in [0.29, 0.717) is 33.3 Å². The van der Waals surface area contributed by atoms with Gasteiger partial charge in [-0.3, -0.25) is 9.89 Å². The highest BCUT2D eigenvalue weighted by molar-refractivity contribution is 6.30. The van der Waals surface area contributed by atoms with Crippen molar-refractivity contribution in [1.29, 1.82) is 0 Å². The fourth-order valence-corrected chi connectivity index (χ4v) is 2.39. The molecule has 0 fully saturated rings. The van der Waals surface area contributed by atoms with Crippen molar-refractivity contribution in [2.24, 2.45) is 0 Å². The fraction of sp³-hybridized carbons (Fsp3) is 0.0526. The maximum Gasteiger partial charge on any atom is 0.185 e. The Morgan fingerprint density at radius 3 is 2.64 bits per heavy atom. The molecule has 0 saturated heterocycles. The lowest BCUT2D eigenvalue weighted by atomic mass is 10.1. The molecule has 0 bridgehead atoms. The molecular formula is C19H14ClFN2O2. The molecule has 6 heteroatoms. The zero-order valence-corrected chi connectivity index (χ0v) is 14.0. The summed E-state index contributed by atoms with van der Waals surface area (Å²) in [6, 6.07) is 12.8. The highest BCUT2D eigenvalue weighted by Crippen LogP contribution is 2.25. The number of hydrogen-bond acceptors (Lipinski definition) is 3. The number of H-pyrrole nitrogens is 1. The van der Waals surface area contributed by atoms with E-state index in [1.54, 1.807) is 48.5 Å². The third-order valence-electron chi connectivity index (χ3n) is 3.59. The first-order valence-corrected chi connectivity index (χ1v) is 7.82. The molecule has 0 unspecified atom stereocenters. The summed E-state index contributed by atoms with van der Waals surface area (Å²) in [5.74, 6) is -0.160. The van der Waals surface area contributed by atoms with Gasteiger partial charge < -0.3 is 4.74 Å². The molecule has 1 aromatic heterocycles. The first-order valence-electron chi connectivity index (χ1n) is 7.44. The second kappa shape index (κ2) is 7.32. The number of hydrogen-bond donors (Lipinski definition) is 1. The van der Waals surface area contributed by atoms with Crippen LogP contribution in [-0.2, 0) is 0 Å². The smallest absolute Gasteiger partial charge is 0.185 e. The Morgan fingerprint density at radius 1 is 1.20 bits per heavy atom. The Morgan fingerprint density at radius 2 is 1.96 bits per heavy atom. The van der Waals surface area contributed by atoms with Gasteiger partial charge in [0.05, 0.1) is 18.5 Å². The largest absolute Gasteiger partial charge is 0.497 e. The van der Waals surface area contributed by atoms with Gasteiger partial charge >= 0.3 is 0 Å². The Kier molecular flexibility index (Phi) is 4.95. The molecule has 0 aliphatic heterocycles. The predicted molar refractivity (Wildman–Crippen MR) is 95.4 cm³/mol. The zero-order chi connectivity index (χ0) is 17.8. The van der Waals surface area contributed by atoms with Crippen LogP contribution in [-0.4, -0.2) is 23.1 Å². The minimum atomic E-state index is -0.432. The lowest BCUT2D eigenvalue weighted by Crippen LogP contribution is -1.93. The summed E-state index contributed by atoms with van der Waals surface area (Å²) in [6.07, 6.45) is 3.01. The fourth-order valence-electron chi connectivity index (χ4n) is 2.27. The van der Waals surface area contributed by atoms with Gasteiger partial charge in [-0.2, -0.15) is 5.10 Å². The second-order valence-corrected chi connectivity index (χ2v) is 5.70. The molecule has 1 heterocycles. The topological polar surface area (TPSA) is 55.0 Å². The molecule has 0 spiro atoms. The number of rotatable bonds is 5. The average Bonchev–Trinajstić information content (AvgIpc) is 3.08. The minimum Gasteiger partial charge on any atom is -0.497 e. The number of carbonyl (C=O) groups excluding carboxylic acids is 1. The van der Waals surface area contributed by atoms with Crippen LogP contribution in [0.15, 0.2) is 54.6 Å². The first-order chi connectivity index (χ1) is 12.1. The molecule has 0 amide bonds. The Balaban J connectivity index is 1.77. The van der Waals surface area contributed by atoms with E-state index in [4.69, 9.17) is 16.3 Å².